The van der Waals surface area contributed by atoms with E-state index in [1.54, 1.807) is 0 Å². The molecule has 1 unspecified atom stereocenters. The Labute approximate surface area is 114 Å². The van der Waals surface area contributed by atoms with Gasteiger partial charge in [0.2, 0.25) is 0 Å². The zero-order chi connectivity index (χ0) is 13.1. The number of aliphatic hydroxyl groups excluding tert-OH is 1. The first kappa shape index (κ1) is 13.7. The number of hydrogen-bond donors (Lipinski definition) is 2. The molecule has 0 spiro atoms. The van der Waals surface area contributed by atoms with Crippen LogP contribution in [0.3, 0.4) is 0 Å². The summed E-state index contributed by atoms with van der Waals surface area (Å²) in [5.41, 5.74) is 7.86. The lowest BCUT2D eigenvalue weighted by Crippen LogP contribution is -2.36. The number of halogens is 1. The molecule has 3 N–H and O–H groups in total. The van der Waals surface area contributed by atoms with Crippen LogP contribution in [0.4, 0.5) is 5.69 Å². The fourth-order valence-electron chi connectivity index (χ4n) is 2.55. The van der Waals surface area contributed by atoms with E-state index in [0.29, 0.717) is 5.92 Å². The maximum absolute atomic E-state index is 9.58. The van der Waals surface area contributed by atoms with Crippen LogP contribution in [0.15, 0.2) is 18.2 Å². The summed E-state index contributed by atoms with van der Waals surface area (Å²) in [5.74, 6) is 0.443. The van der Waals surface area contributed by atoms with Crippen LogP contribution in [0.25, 0.3) is 0 Å². The lowest BCUT2D eigenvalue weighted by Gasteiger charge is -2.33. The van der Waals surface area contributed by atoms with Crippen molar-refractivity contribution >= 4 is 17.3 Å². The highest BCUT2D eigenvalue weighted by Crippen LogP contribution is 2.24. The minimum atomic E-state index is -0.191. The molecular formula is C14H21ClN2O. The second kappa shape index (κ2) is 5.91. The number of aliphatic hydroxyl groups is 1. The number of anilines is 1. The second-order valence-electron chi connectivity index (χ2n) is 5.20. The van der Waals surface area contributed by atoms with Crippen molar-refractivity contribution in [3.8, 4) is 0 Å². The number of rotatable bonds is 3. The van der Waals surface area contributed by atoms with Crippen LogP contribution in [0.1, 0.15) is 25.3 Å². The molecule has 18 heavy (non-hydrogen) atoms. The van der Waals surface area contributed by atoms with Gasteiger partial charge in [0.25, 0.3) is 0 Å². The quantitative estimate of drug-likeness (QED) is 0.829. The number of piperidine rings is 1. The highest BCUT2D eigenvalue weighted by Gasteiger charge is 2.22. The van der Waals surface area contributed by atoms with E-state index in [-0.39, 0.29) is 6.10 Å². The average Bonchev–Trinajstić information content (AvgIpc) is 2.34. The molecular weight excluding hydrogens is 248 g/mol. The van der Waals surface area contributed by atoms with Gasteiger partial charge in [0.05, 0.1) is 6.10 Å². The van der Waals surface area contributed by atoms with Gasteiger partial charge >= 0.3 is 0 Å². The molecule has 0 saturated carbocycles. The Balaban J connectivity index is 1.93. The van der Waals surface area contributed by atoms with Crippen molar-refractivity contribution in [2.75, 3.05) is 18.8 Å². The topological polar surface area (TPSA) is 49.5 Å². The smallest absolute Gasteiger partial charge is 0.0541 e. The van der Waals surface area contributed by atoms with E-state index in [2.05, 4.69) is 4.90 Å². The molecule has 0 aliphatic carbocycles. The Hall–Kier alpha value is -0.770. The summed E-state index contributed by atoms with van der Waals surface area (Å²) >= 11 is 5.99. The molecule has 0 radical (unpaired) electrons. The van der Waals surface area contributed by atoms with Crippen LogP contribution in [0.5, 0.6) is 0 Å². The van der Waals surface area contributed by atoms with Gasteiger partial charge in [-0.1, -0.05) is 11.6 Å². The van der Waals surface area contributed by atoms with E-state index < -0.39 is 0 Å². The van der Waals surface area contributed by atoms with Gasteiger partial charge in [-0.05, 0) is 62.5 Å². The van der Waals surface area contributed by atoms with E-state index in [1.165, 1.54) is 0 Å². The molecule has 2 rings (SSSR count). The lowest BCUT2D eigenvalue weighted by atomic mass is 9.92. The predicted molar refractivity (Wildman–Crippen MR) is 75.5 cm³/mol. The molecule has 1 aliphatic heterocycles. The summed E-state index contributed by atoms with van der Waals surface area (Å²) in [5, 5.41) is 10.3. The molecule has 0 aromatic heterocycles. The molecule has 100 valence electrons. The number of benzene rings is 1. The molecule has 1 aromatic rings. The van der Waals surface area contributed by atoms with Gasteiger partial charge in [-0.2, -0.15) is 0 Å². The van der Waals surface area contributed by atoms with Gasteiger partial charge in [0.15, 0.2) is 0 Å². The van der Waals surface area contributed by atoms with Gasteiger partial charge in [-0.3, -0.25) is 4.90 Å². The van der Waals surface area contributed by atoms with Crippen LogP contribution in [-0.2, 0) is 6.54 Å². The maximum Gasteiger partial charge on any atom is 0.0541 e. The Bertz CT molecular complexity index is 401. The zero-order valence-corrected chi connectivity index (χ0v) is 11.5. The van der Waals surface area contributed by atoms with E-state index in [1.807, 2.05) is 25.1 Å². The van der Waals surface area contributed by atoms with Crippen molar-refractivity contribution in [1.29, 1.82) is 0 Å². The molecule has 4 heteroatoms. The van der Waals surface area contributed by atoms with Crippen molar-refractivity contribution in [3.63, 3.8) is 0 Å². The number of likely N-dealkylation sites (tertiary alicyclic amines) is 1. The number of nitrogens with zero attached hydrogens (tertiary/aromatic N) is 1. The third kappa shape index (κ3) is 3.37. The number of nitrogens with two attached hydrogens (primary N) is 1. The molecule has 0 bridgehead atoms. The van der Waals surface area contributed by atoms with Gasteiger partial charge in [-0.25, -0.2) is 0 Å². The second-order valence-corrected chi connectivity index (χ2v) is 5.63. The van der Waals surface area contributed by atoms with Crippen LogP contribution in [-0.4, -0.2) is 29.2 Å². The Kier molecular flexibility index (Phi) is 4.49. The van der Waals surface area contributed by atoms with Crippen LogP contribution in [0, 0.1) is 5.92 Å². The molecule has 1 aromatic carbocycles. The molecule has 1 fully saturated rings. The normalized spacial score (nSPS) is 19.9. The Morgan fingerprint density at radius 3 is 2.72 bits per heavy atom. The monoisotopic (exact) mass is 268 g/mol. The van der Waals surface area contributed by atoms with Crippen molar-refractivity contribution < 1.29 is 5.11 Å². The molecule has 1 atom stereocenters. The lowest BCUT2D eigenvalue weighted by molar-refractivity contribution is 0.0696. The minimum Gasteiger partial charge on any atom is -0.398 e. The van der Waals surface area contributed by atoms with Gasteiger partial charge in [0.1, 0.15) is 0 Å². The van der Waals surface area contributed by atoms with E-state index in [9.17, 15) is 5.11 Å². The van der Waals surface area contributed by atoms with Crippen LogP contribution in [0.2, 0.25) is 5.02 Å². The van der Waals surface area contributed by atoms with E-state index >= 15 is 0 Å². The highest BCUT2D eigenvalue weighted by atomic mass is 35.5. The van der Waals surface area contributed by atoms with Gasteiger partial charge in [-0.15, -0.1) is 0 Å². The fraction of sp³-hybridized carbons (Fsp3) is 0.571. The first-order valence-corrected chi connectivity index (χ1v) is 6.88. The standard InChI is InChI=1S/C14H21ClN2O/c1-10(18)11-4-6-17(7-5-11)9-12-8-13(15)2-3-14(12)16/h2-3,8,10-11,18H,4-7,9,16H2,1H3. The van der Waals surface area contributed by atoms with E-state index in [0.717, 1.165) is 48.7 Å². The molecule has 1 saturated heterocycles. The van der Waals surface area contributed by atoms with Gasteiger partial charge in [0, 0.05) is 17.3 Å². The van der Waals surface area contributed by atoms with Crippen molar-refractivity contribution in [2.45, 2.75) is 32.4 Å². The van der Waals surface area contributed by atoms with Gasteiger partial charge < -0.3 is 10.8 Å². The zero-order valence-electron chi connectivity index (χ0n) is 10.8. The Morgan fingerprint density at radius 1 is 1.44 bits per heavy atom. The van der Waals surface area contributed by atoms with Crippen molar-refractivity contribution in [2.24, 2.45) is 5.92 Å². The number of hydrogen-bond acceptors (Lipinski definition) is 3. The fourth-order valence-corrected chi connectivity index (χ4v) is 2.74. The van der Waals surface area contributed by atoms with Crippen molar-refractivity contribution in [3.05, 3.63) is 28.8 Å². The summed E-state index contributed by atoms with van der Waals surface area (Å²) in [6.07, 6.45) is 1.92. The van der Waals surface area contributed by atoms with E-state index in [4.69, 9.17) is 17.3 Å². The minimum absolute atomic E-state index is 0.191. The van der Waals surface area contributed by atoms with Crippen molar-refractivity contribution in [1.82, 2.24) is 4.90 Å². The third-order valence-electron chi connectivity index (χ3n) is 3.81. The summed E-state index contributed by atoms with van der Waals surface area (Å²) in [6.45, 7) is 4.76. The highest BCUT2D eigenvalue weighted by molar-refractivity contribution is 6.30. The molecule has 3 nitrogen and oxygen atoms in total. The first-order chi connectivity index (χ1) is 8.56. The SMILES string of the molecule is CC(O)C1CCN(Cc2cc(Cl)ccc2N)CC1. The Morgan fingerprint density at radius 2 is 2.11 bits per heavy atom. The average molecular weight is 269 g/mol. The summed E-state index contributed by atoms with van der Waals surface area (Å²) in [6, 6.07) is 5.62. The van der Waals surface area contributed by atoms with Crippen LogP contribution >= 0.6 is 11.6 Å². The maximum atomic E-state index is 9.58. The first-order valence-electron chi connectivity index (χ1n) is 6.50. The summed E-state index contributed by atoms with van der Waals surface area (Å²) in [7, 11) is 0. The predicted octanol–water partition coefficient (Wildman–Crippen LogP) is 2.52. The molecule has 1 aliphatic rings. The summed E-state index contributed by atoms with van der Waals surface area (Å²) in [4.78, 5) is 2.38. The molecule has 1 heterocycles. The summed E-state index contributed by atoms with van der Waals surface area (Å²) < 4.78 is 0. The van der Waals surface area contributed by atoms with Crippen LogP contribution < -0.4 is 5.73 Å². The molecule has 0 amide bonds. The largest absolute Gasteiger partial charge is 0.398 e. The number of nitrogen functional groups attached to an aromatic ring is 1. The third-order valence-corrected chi connectivity index (χ3v) is 4.05.